The summed E-state index contributed by atoms with van der Waals surface area (Å²) in [5.41, 5.74) is 2.94. The molecular weight excluding hydrogens is 405 g/mol. The predicted octanol–water partition coefficient (Wildman–Crippen LogP) is 4.09. The number of nitrogens with zero attached hydrogens (tertiary/aromatic N) is 4. The van der Waals surface area contributed by atoms with E-state index in [9.17, 15) is 9.18 Å². The van der Waals surface area contributed by atoms with Crippen molar-refractivity contribution in [2.75, 3.05) is 18.4 Å². The number of nitriles is 1. The van der Waals surface area contributed by atoms with Crippen LogP contribution in [0.5, 0.6) is 0 Å². The number of rotatable bonds is 4. The second kappa shape index (κ2) is 8.29. The van der Waals surface area contributed by atoms with Crippen molar-refractivity contribution in [3.05, 3.63) is 65.9 Å². The van der Waals surface area contributed by atoms with Gasteiger partial charge in [0.25, 0.3) is 0 Å². The molecule has 5 rings (SSSR count). The standard InChI is InChI=1S/C25H24FN5O/c1-15(25(32)30-21-4-3-20(11-27)29-12-21)31-13-17-8-16(9-18(17)14-31)22-6-7-28-24-5-2-19(26)10-23(22)24/h2-7,10,12,15-18H,8-9,13-14H2,1H3,(H,30,32)/t15?,16?,17-,18+. The van der Waals surface area contributed by atoms with Crippen molar-refractivity contribution in [2.45, 2.75) is 31.7 Å². The molecule has 1 saturated carbocycles. The molecule has 1 amide bonds. The number of halogens is 1. The molecule has 32 heavy (non-hydrogen) atoms. The Bertz CT molecular complexity index is 1190. The van der Waals surface area contributed by atoms with Crippen LogP contribution in [0.2, 0.25) is 0 Å². The highest BCUT2D eigenvalue weighted by Gasteiger charge is 2.43. The molecule has 3 heterocycles. The van der Waals surface area contributed by atoms with Crippen LogP contribution in [0.25, 0.3) is 10.9 Å². The van der Waals surface area contributed by atoms with Gasteiger partial charge in [-0.15, -0.1) is 0 Å². The summed E-state index contributed by atoms with van der Waals surface area (Å²) in [6.45, 7) is 3.71. The van der Waals surface area contributed by atoms with Crippen molar-refractivity contribution in [1.82, 2.24) is 14.9 Å². The molecule has 162 valence electrons. The average molecular weight is 429 g/mol. The maximum atomic E-state index is 13.9. The van der Waals surface area contributed by atoms with Crippen LogP contribution in [0.1, 0.15) is 36.9 Å². The lowest BCUT2D eigenvalue weighted by Gasteiger charge is -2.25. The van der Waals surface area contributed by atoms with E-state index in [1.807, 2.05) is 25.3 Å². The van der Waals surface area contributed by atoms with Gasteiger partial charge in [0.15, 0.2) is 0 Å². The third-order valence-electron chi connectivity index (χ3n) is 7.03. The topological polar surface area (TPSA) is 81.9 Å². The lowest BCUT2D eigenvalue weighted by Crippen LogP contribution is -2.41. The fraction of sp³-hybridized carbons (Fsp3) is 0.360. The molecule has 1 aliphatic heterocycles. The minimum atomic E-state index is -0.245. The van der Waals surface area contributed by atoms with Crippen LogP contribution < -0.4 is 5.32 Å². The van der Waals surface area contributed by atoms with Crippen LogP contribution in [-0.4, -0.2) is 39.9 Å². The minimum Gasteiger partial charge on any atom is -0.323 e. The molecule has 1 aromatic carbocycles. The van der Waals surface area contributed by atoms with E-state index in [1.165, 1.54) is 17.8 Å². The van der Waals surface area contributed by atoms with Crippen molar-refractivity contribution >= 4 is 22.5 Å². The second-order valence-corrected chi connectivity index (χ2v) is 8.91. The van der Waals surface area contributed by atoms with Crippen LogP contribution in [0, 0.1) is 29.0 Å². The molecule has 0 bridgehead atoms. The Kier molecular flexibility index (Phi) is 5.32. The average Bonchev–Trinajstić information content (AvgIpc) is 3.38. The van der Waals surface area contributed by atoms with Crippen LogP contribution >= 0.6 is 0 Å². The van der Waals surface area contributed by atoms with Gasteiger partial charge >= 0.3 is 0 Å². The minimum absolute atomic E-state index is 0.0661. The predicted molar refractivity (Wildman–Crippen MR) is 119 cm³/mol. The van der Waals surface area contributed by atoms with E-state index in [0.717, 1.165) is 36.8 Å². The number of pyridine rings is 2. The number of fused-ring (bicyclic) bond motifs is 2. The first kappa shape index (κ1) is 20.5. The quantitative estimate of drug-likeness (QED) is 0.675. The first-order chi connectivity index (χ1) is 15.5. The number of nitrogens with one attached hydrogen (secondary N) is 1. The number of carbonyl (C=O) groups excluding carboxylic acids is 1. The van der Waals surface area contributed by atoms with Gasteiger partial charge in [0, 0.05) is 24.7 Å². The fourth-order valence-corrected chi connectivity index (χ4v) is 5.35. The molecule has 1 aliphatic carbocycles. The van der Waals surface area contributed by atoms with Gasteiger partial charge in [-0.2, -0.15) is 5.26 Å². The second-order valence-electron chi connectivity index (χ2n) is 8.91. The van der Waals surface area contributed by atoms with Crippen molar-refractivity contribution < 1.29 is 9.18 Å². The highest BCUT2D eigenvalue weighted by Crippen LogP contribution is 2.47. The monoisotopic (exact) mass is 429 g/mol. The van der Waals surface area contributed by atoms with E-state index in [2.05, 4.69) is 20.2 Å². The van der Waals surface area contributed by atoms with Gasteiger partial charge in [-0.05, 0) is 79.5 Å². The first-order valence-electron chi connectivity index (χ1n) is 11.0. The molecule has 2 fully saturated rings. The van der Waals surface area contributed by atoms with Gasteiger partial charge < -0.3 is 5.32 Å². The maximum absolute atomic E-state index is 13.9. The smallest absolute Gasteiger partial charge is 0.241 e. The van der Waals surface area contributed by atoms with Gasteiger partial charge in [-0.3, -0.25) is 14.7 Å². The van der Waals surface area contributed by atoms with Gasteiger partial charge in [-0.1, -0.05) is 0 Å². The molecule has 2 aliphatic rings. The summed E-state index contributed by atoms with van der Waals surface area (Å²) in [7, 11) is 0. The molecule has 0 radical (unpaired) electrons. The molecular formula is C25H24FN5O. The molecule has 7 heteroatoms. The number of carbonyl (C=O) groups is 1. The van der Waals surface area contributed by atoms with Crippen LogP contribution in [0.15, 0.2) is 48.8 Å². The van der Waals surface area contributed by atoms with Crippen LogP contribution in [0.4, 0.5) is 10.1 Å². The summed E-state index contributed by atoms with van der Waals surface area (Å²) >= 11 is 0. The van der Waals surface area contributed by atoms with E-state index in [4.69, 9.17) is 5.26 Å². The molecule has 1 saturated heterocycles. The lowest BCUT2D eigenvalue weighted by atomic mass is 9.93. The highest BCUT2D eigenvalue weighted by molar-refractivity contribution is 5.94. The summed E-state index contributed by atoms with van der Waals surface area (Å²) in [5.74, 6) is 1.16. The Hall–Kier alpha value is -3.37. The molecule has 3 aromatic rings. The highest BCUT2D eigenvalue weighted by atomic mass is 19.1. The maximum Gasteiger partial charge on any atom is 0.241 e. The normalized spacial score (nSPS) is 23.6. The van der Waals surface area contributed by atoms with E-state index in [0.29, 0.717) is 29.1 Å². The van der Waals surface area contributed by atoms with Crippen molar-refractivity contribution in [1.29, 1.82) is 5.26 Å². The number of likely N-dealkylation sites (tertiary alicyclic amines) is 1. The summed E-state index contributed by atoms with van der Waals surface area (Å²) in [6, 6.07) is 11.9. The zero-order valence-corrected chi connectivity index (χ0v) is 17.8. The summed E-state index contributed by atoms with van der Waals surface area (Å²) < 4.78 is 13.9. The van der Waals surface area contributed by atoms with Gasteiger partial charge in [0.05, 0.1) is 23.4 Å². The molecule has 0 spiro atoms. The number of anilines is 1. The first-order valence-corrected chi connectivity index (χ1v) is 11.0. The van der Waals surface area contributed by atoms with Crippen molar-refractivity contribution in [2.24, 2.45) is 11.8 Å². The lowest BCUT2D eigenvalue weighted by molar-refractivity contribution is -0.120. The fourth-order valence-electron chi connectivity index (χ4n) is 5.35. The number of hydrogen-bond donors (Lipinski definition) is 1. The van der Waals surface area contributed by atoms with E-state index in [1.54, 1.807) is 24.3 Å². The Morgan fingerprint density at radius 2 is 1.97 bits per heavy atom. The Morgan fingerprint density at radius 1 is 1.19 bits per heavy atom. The van der Waals surface area contributed by atoms with Crippen LogP contribution in [-0.2, 0) is 4.79 Å². The molecule has 6 nitrogen and oxygen atoms in total. The van der Waals surface area contributed by atoms with Gasteiger partial charge in [0.1, 0.15) is 17.6 Å². The van der Waals surface area contributed by atoms with E-state index < -0.39 is 0 Å². The Labute approximate surface area is 186 Å². The SMILES string of the molecule is CC(C(=O)Nc1ccc(C#N)nc1)N1C[C@H]2CC(c3ccnc4ccc(F)cc34)C[C@H]2C1. The number of hydrogen-bond acceptors (Lipinski definition) is 5. The third-order valence-corrected chi connectivity index (χ3v) is 7.03. The van der Waals surface area contributed by atoms with E-state index >= 15 is 0 Å². The molecule has 2 unspecified atom stereocenters. The zero-order chi connectivity index (χ0) is 22.2. The van der Waals surface area contributed by atoms with Gasteiger partial charge in [0.2, 0.25) is 5.91 Å². The Morgan fingerprint density at radius 3 is 2.66 bits per heavy atom. The van der Waals surface area contributed by atoms with Gasteiger partial charge in [-0.25, -0.2) is 9.37 Å². The Balaban J connectivity index is 1.23. The molecule has 2 aromatic heterocycles. The largest absolute Gasteiger partial charge is 0.323 e. The number of amides is 1. The van der Waals surface area contributed by atoms with Crippen molar-refractivity contribution in [3.8, 4) is 6.07 Å². The summed E-state index contributed by atoms with van der Waals surface area (Å²) in [6.07, 6.45) is 5.42. The molecule has 1 N–H and O–H groups in total. The third kappa shape index (κ3) is 3.82. The number of aromatic nitrogens is 2. The zero-order valence-electron chi connectivity index (χ0n) is 17.8. The number of benzene rings is 1. The van der Waals surface area contributed by atoms with E-state index in [-0.39, 0.29) is 17.8 Å². The molecule has 4 atom stereocenters. The van der Waals surface area contributed by atoms with Crippen molar-refractivity contribution in [3.63, 3.8) is 0 Å². The summed E-state index contributed by atoms with van der Waals surface area (Å²) in [4.78, 5) is 23.4. The van der Waals surface area contributed by atoms with Crippen LogP contribution in [0.3, 0.4) is 0 Å². The summed E-state index contributed by atoms with van der Waals surface area (Å²) in [5, 5.41) is 12.7.